The first-order chi connectivity index (χ1) is 4.86. The standard InChI is InChI=1S/C7H6BrN2/c8-5-6-1-3-7(10-9)4-2-6/h1-4H,5H2/q-1. The van der Waals surface area contributed by atoms with Crippen molar-refractivity contribution in [3.05, 3.63) is 35.4 Å². The zero-order valence-corrected chi connectivity index (χ0v) is 6.87. The summed E-state index contributed by atoms with van der Waals surface area (Å²) >= 11 is 3.31. The first-order valence-corrected chi connectivity index (χ1v) is 3.99. The predicted octanol–water partition coefficient (Wildman–Crippen LogP) is 3.23. The van der Waals surface area contributed by atoms with Crippen LogP contribution in [0, 0.1) is 0 Å². The van der Waals surface area contributed by atoms with Crippen LogP contribution in [0.2, 0.25) is 0 Å². The highest BCUT2D eigenvalue weighted by atomic mass is 79.9. The van der Waals surface area contributed by atoms with Gasteiger partial charge >= 0.3 is 0 Å². The minimum Gasteiger partial charge on any atom is -0.706 e. The first-order valence-electron chi connectivity index (χ1n) is 2.87. The van der Waals surface area contributed by atoms with Gasteiger partial charge < -0.3 is 10.6 Å². The molecule has 1 aromatic rings. The summed E-state index contributed by atoms with van der Waals surface area (Å²) in [7, 11) is 0. The van der Waals surface area contributed by atoms with Crippen molar-refractivity contribution in [2.75, 3.05) is 0 Å². The Morgan fingerprint density at radius 1 is 1.30 bits per heavy atom. The highest BCUT2D eigenvalue weighted by Crippen LogP contribution is 2.13. The third kappa shape index (κ3) is 1.64. The third-order valence-corrected chi connectivity index (χ3v) is 1.85. The Labute approximate surface area is 67.9 Å². The van der Waals surface area contributed by atoms with Gasteiger partial charge in [0.2, 0.25) is 0 Å². The summed E-state index contributed by atoms with van der Waals surface area (Å²) in [5.74, 6) is 0. The molecule has 0 bridgehead atoms. The zero-order chi connectivity index (χ0) is 7.40. The Kier molecular flexibility index (Phi) is 2.57. The lowest BCUT2D eigenvalue weighted by Crippen LogP contribution is -1.72. The van der Waals surface area contributed by atoms with Gasteiger partial charge in [0.25, 0.3) is 0 Å². The van der Waals surface area contributed by atoms with Crippen LogP contribution in [0.25, 0.3) is 5.53 Å². The SMILES string of the molecule is [N-]=Nc1ccc(CBr)cc1. The van der Waals surface area contributed by atoms with Gasteiger partial charge in [-0.25, -0.2) is 0 Å². The largest absolute Gasteiger partial charge is 0.706 e. The molecule has 0 heterocycles. The normalized spacial score (nSPS) is 9.30. The van der Waals surface area contributed by atoms with E-state index in [2.05, 4.69) is 21.0 Å². The van der Waals surface area contributed by atoms with Crippen molar-refractivity contribution in [3.63, 3.8) is 0 Å². The predicted molar refractivity (Wildman–Crippen MR) is 44.5 cm³/mol. The van der Waals surface area contributed by atoms with E-state index in [1.165, 1.54) is 5.56 Å². The Morgan fingerprint density at radius 2 is 1.90 bits per heavy atom. The molecule has 0 N–H and O–H groups in total. The van der Waals surface area contributed by atoms with Gasteiger partial charge in [-0.15, -0.1) is 0 Å². The van der Waals surface area contributed by atoms with Crippen molar-refractivity contribution >= 4 is 21.6 Å². The second-order valence-corrected chi connectivity index (χ2v) is 2.46. The van der Waals surface area contributed by atoms with E-state index in [0.29, 0.717) is 5.69 Å². The molecule has 0 unspecified atom stereocenters. The lowest BCUT2D eigenvalue weighted by atomic mass is 10.2. The molecule has 0 aliphatic carbocycles. The van der Waals surface area contributed by atoms with Crippen LogP contribution in [0.5, 0.6) is 0 Å². The van der Waals surface area contributed by atoms with Crippen LogP contribution < -0.4 is 0 Å². The molecule has 2 nitrogen and oxygen atoms in total. The van der Waals surface area contributed by atoms with Gasteiger partial charge in [-0.2, -0.15) is 0 Å². The molecule has 0 aliphatic rings. The quantitative estimate of drug-likeness (QED) is 0.516. The monoisotopic (exact) mass is 197 g/mol. The van der Waals surface area contributed by atoms with Crippen LogP contribution in [-0.4, -0.2) is 0 Å². The third-order valence-electron chi connectivity index (χ3n) is 1.21. The summed E-state index contributed by atoms with van der Waals surface area (Å²) in [5.41, 5.74) is 10.1. The summed E-state index contributed by atoms with van der Waals surface area (Å²) < 4.78 is 0. The summed E-state index contributed by atoms with van der Waals surface area (Å²) in [5, 5.41) is 3.86. The van der Waals surface area contributed by atoms with E-state index < -0.39 is 0 Å². The van der Waals surface area contributed by atoms with Crippen molar-refractivity contribution in [1.82, 2.24) is 0 Å². The average Bonchev–Trinajstić information content (AvgIpc) is 2.05. The van der Waals surface area contributed by atoms with E-state index in [4.69, 9.17) is 5.53 Å². The number of alkyl halides is 1. The number of benzene rings is 1. The van der Waals surface area contributed by atoms with Crippen LogP contribution in [0.1, 0.15) is 5.56 Å². The van der Waals surface area contributed by atoms with Crippen LogP contribution in [0.4, 0.5) is 5.69 Å². The number of hydrogen-bond acceptors (Lipinski definition) is 1. The minimum absolute atomic E-state index is 0.588. The maximum atomic E-state index is 8.31. The fourth-order valence-electron chi connectivity index (χ4n) is 0.652. The molecule has 10 heavy (non-hydrogen) atoms. The molecule has 0 amide bonds. The second kappa shape index (κ2) is 3.46. The number of hydrogen-bond donors (Lipinski definition) is 0. The molecule has 0 saturated heterocycles. The van der Waals surface area contributed by atoms with E-state index >= 15 is 0 Å². The average molecular weight is 198 g/mol. The zero-order valence-electron chi connectivity index (χ0n) is 5.29. The van der Waals surface area contributed by atoms with Gasteiger partial charge in [-0.1, -0.05) is 28.1 Å². The maximum absolute atomic E-state index is 8.31. The molecule has 52 valence electrons. The molecule has 0 aromatic heterocycles. The number of halogens is 1. The maximum Gasteiger partial charge on any atom is 0.0396 e. The molecule has 0 atom stereocenters. The lowest BCUT2D eigenvalue weighted by Gasteiger charge is -1.97. The van der Waals surface area contributed by atoms with Crippen LogP contribution in [0.3, 0.4) is 0 Å². The topological polar surface area (TPSA) is 34.7 Å². The summed E-state index contributed by atoms with van der Waals surface area (Å²) in [6.07, 6.45) is 0. The Balaban J connectivity index is 2.90. The van der Waals surface area contributed by atoms with E-state index in [1.54, 1.807) is 12.1 Å². The Hall–Kier alpha value is -0.700. The van der Waals surface area contributed by atoms with Crippen LogP contribution >= 0.6 is 15.9 Å². The van der Waals surface area contributed by atoms with Crippen molar-refractivity contribution in [1.29, 1.82) is 0 Å². The van der Waals surface area contributed by atoms with E-state index in [-0.39, 0.29) is 0 Å². The van der Waals surface area contributed by atoms with Crippen molar-refractivity contribution < 1.29 is 0 Å². The van der Waals surface area contributed by atoms with Gasteiger partial charge in [0, 0.05) is 11.0 Å². The molecule has 3 heteroatoms. The van der Waals surface area contributed by atoms with Gasteiger partial charge in [0.05, 0.1) is 0 Å². The smallest absolute Gasteiger partial charge is 0.0396 e. The number of rotatable bonds is 2. The highest BCUT2D eigenvalue weighted by molar-refractivity contribution is 9.08. The van der Waals surface area contributed by atoms with Crippen LogP contribution in [0.15, 0.2) is 29.4 Å². The molecule has 0 radical (unpaired) electrons. The summed E-state index contributed by atoms with van der Waals surface area (Å²) in [6.45, 7) is 0. The van der Waals surface area contributed by atoms with Gasteiger partial charge in [-0.05, 0) is 17.7 Å². The van der Waals surface area contributed by atoms with Gasteiger partial charge in [-0.3, -0.25) is 0 Å². The molecule has 1 aromatic carbocycles. The fourth-order valence-corrected chi connectivity index (χ4v) is 1.03. The molecular weight excluding hydrogens is 192 g/mol. The van der Waals surface area contributed by atoms with E-state index in [1.807, 2.05) is 12.1 Å². The molecule has 1 rings (SSSR count). The van der Waals surface area contributed by atoms with Crippen molar-refractivity contribution in [2.24, 2.45) is 5.11 Å². The van der Waals surface area contributed by atoms with E-state index in [9.17, 15) is 0 Å². The van der Waals surface area contributed by atoms with Crippen LogP contribution in [-0.2, 0) is 5.33 Å². The van der Waals surface area contributed by atoms with Gasteiger partial charge in [0.15, 0.2) is 0 Å². The fraction of sp³-hybridized carbons (Fsp3) is 0.143. The first kappa shape index (κ1) is 7.41. The summed E-state index contributed by atoms with van der Waals surface area (Å²) in [4.78, 5) is 0. The molecule has 0 aliphatic heterocycles. The Bertz CT molecular complexity index is 218. The number of nitrogens with zero attached hydrogens (tertiary/aromatic N) is 2. The minimum atomic E-state index is 0.588. The Morgan fingerprint density at radius 3 is 2.30 bits per heavy atom. The second-order valence-electron chi connectivity index (χ2n) is 1.90. The molecular formula is C7H6BrN2-. The van der Waals surface area contributed by atoms with Gasteiger partial charge in [0.1, 0.15) is 0 Å². The highest BCUT2D eigenvalue weighted by Gasteiger charge is 1.86. The molecule has 0 saturated carbocycles. The molecule has 0 spiro atoms. The van der Waals surface area contributed by atoms with Crippen molar-refractivity contribution in [2.45, 2.75) is 5.33 Å². The molecule has 0 fully saturated rings. The van der Waals surface area contributed by atoms with E-state index in [0.717, 1.165) is 5.33 Å². The van der Waals surface area contributed by atoms with Crippen molar-refractivity contribution in [3.8, 4) is 0 Å². The summed E-state index contributed by atoms with van der Waals surface area (Å²) in [6, 6.07) is 7.33. The lowest BCUT2D eigenvalue weighted by molar-refractivity contribution is 1.40.